The first-order chi connectivity index (χ1) is 10.1. The third kappa shape index (κ3) is 2.53. The molecular weight excluding hydrogens is 293 g/mol. The summed E-state index contributed by atoms with van der Waals surface area (Å²) in [6.07, 6.45) is 1.83. The number of amides is 1. The number of aromatic nitrogens is 2. The van der Waals surface area contributed by atoms with Crippen molar-refractivity contribution in [1.82, 2.24) is 15.0 Å². The first-order valence-electron chi connectivity index (χ1n) is 6.52. The van der Waals surface area contributed by atoms with Crippen LogP contribution in [-0.2, 0) is 0 Å². The van der Waals surface area contributed by atoms with Gasteiger partial charge in [-0.1, -0.05) is 11.2 Å². The lowest BCUT2D eigenvalue weighted by molar-refractivity contribution is 0.0560. The van der Waals surface area contributed by atoms with Crippen LogP contribution in [0.1, 0.15) is 28.0 Å². The van der Waals surface area contributed by atoms with Gasteiger partial charge in [0.15, 0.2) is 5.82 Å². The van der Waals surface area contributed by atoms with E-state index in [-0.39, 0.29) is 17.4 Å². The van der Waals surface area contributed by atoms with Crippen molar-refractivity contribution in [3.05, 3.63) is 41.3 Å². The Morgan fingerprint density at radius 2 is 2.24 bits per heavy atom. The molecule has 0 spiro atoms. The maximum absolute atomic E-state index is 13.9. The number of carbonyl (C=O) groups is 1. The molecule has 1 saturated heterocycles. The minimum atomic E-state index is -0.482. The van der Waals surface area contributed by atoms with Crippen LogP contribution in [-0.4, -0.2) is 40.3 Å². The monoisotopic (exact) mass is 307 g/mol. The Balaban J connectivity index is 1.74. The Kier molecular flexibility index (Phi) is 3.67. The van der Waals surface area contributed by atoms with Gasteiger partial charge in [-0.2, -0.15) is 4.98 Å². The van der Waals surface area contributed by atoms with Crippen LogP contribution in [0.15, 0.2) is 27.6 Å². The molecule has 0 unspecified atom stereocenters. The van der Waals surface area contributed by atoms with Gasteiger partial charge in [0.25, 0.3) is 5.91 Å². The van der Waals surface area contributed by atoms with Crippen LogP contribution in [0, 0.1) is 12.7 Å². The van der Waals surface area contributed by atoms with E-state index in [4.69, 9.17) is 4.52 Å². The first-order valence-corrected chi connectivity index (χ1v) is 7.74. The smallest absolute Gasteiger partial charge is 0.258 e. The van der Waals surface area contributed by atoms with E-state index in [1.807, 2.05) is 6.26 Å². The number of thioether (sulfide) groups is 1. The molecule has 1 aromatic carbocycles. The molecule has 3 rings (SSSR count). The Hall–Kier alpha value is -1.89. The molecule has 1 fully saturated rings. The molecule has 0 saturated carbocycles. The van der Waals surface area contributed by atoms with E-state index in [1.54, 1.807) is 24.0 Å². The van der Waals surface area contributed by atoms with Crippen LogP contribution < -0.4 is 0 Å². The molecule has 0 atom stereocenters. The summed E-state index contributed by atoms with van der Waals surface area (Å²) in [6, 6.07) is 4.67. The molecule has 0 N–H and O–H groups in total. The number of halogens is 1. The van der Waals surface area contributed by atoms with Crippen molar-refractivity contribution in [1.29, 1.82) is 0 Å². The molecule has 5 nitrogen and oxygen atoms in total. The summed E-state index contributed by atoms with van der Waals surface area (Å²) in [5.41, 5.74) is 0.144. The summed E-state index contributed by atoms with van der Waals surface area (Å²) in [7, 11) is 0. The van der Waals surface area contributed by atoms with Gasteiger partial charge in [0.1, 0.15) is 5.82 Å². The molecule has 0 bridgehead atoms. The molecule has 2 aromatic rings. The van der Waals surface area contributed by atoms with Gasteiger partial charge < -0.3 is 9.42 Å². The van der Waals surface area contributed by atoms with E-state index in [2.05, 4.69) is 10.1 Å². The first kappa shape index (κ1) is 14.1. The van der Waals surface area contributed by atoms with Crippen molar-refractivity contribution in [3.63, 3.8) is 0 Å². The van der Waals surface area contributed by atoms with Crippen LogP contribution in [0.3, 0.4) is 0 Å². The van der Waals surface area contributed by atoms with Crippen LogP contribution in [0.2, 0.25) is 0 Å². The number of benzene rings is 1. The summed E-state index contributed by atoms with van der Waals surface area (Å²) in [5.74, 6) is 0.386. The number of nitrogens with zero attached hydrogens (tertiary/aromatic N) is 3. The fourth-order valence-corrected chi connectivity index (χ4v) is 2.92. The number of hydrogen-bond acceptors (Lipinski definition) is 5. The molecular formula is C14H14FN3O2S. The van der Waals surface area contributed by atoms with Gasteiger partial charge in [-0.15, -0.1) is 11.8 Å². The van der Waals surface area contributed by atoms with Crippen molar-refractivity contribution in [2.45, 2.75) is 17.7 Å². The van der Waals surface area contributed by atoms with Gasteiger partial charge in [0.2, 0.25) is 5.89 Å². The highest BCUT2D eigenvalue weighted by molar-refractivity contribution is 7.98. The molecule has 1 amide bonds. The number of rotatable bonds is 3. The van der Waals surface area contributed by atoms with Gasteiger partial charge in [-0.25, -0.2) is 4.39 Å². The second kappa shape index (κ2) is 5.48. The third-order valence-corrected chi connectivity index (χ3v) is 4.25. The van der Waals surface area contributed by atoms with Crippen LogP contribution in [0.4, 0.5) is 4.39 Å². The second-order valence-corrected chi connectivity index (χ2v) is 5.75. The van der Waals surface area contributed by atoms with Crippen LogP contribution >= 0.6 is 11.8 Å². The maximum Gasteiger partial charge on any atom is 0.258 e. The summed E-state index contributed by atoms with van der Waals surface area (Å²) in [6.45, 7) is 2.70. The topological polar surface area (TPSA) is 59.2 Å². The van der Waals surface area contributed by atoms with Crippen LogP contribution in [0.5, 0.6) is 0 Å². The summed E-state index contributed by atoms with van der Waals surface area (Å²) >= 11 is 1.36. The number of aryl methyl sites for hydroxylation is 1. The minimum absolute atomic E-state index is 0.0413. The van der Waals surface area contributed by atoms with Crippen molar-refractivity contribution in [3.8, 4) is 0 Å². The van der Waals surface area contributed by atoms with Gasteiger partial charge in [0.05, 0.1) is 11.5 Å². The SMILES string of the molecule is CSc1cccc(F)c1C(=O)N1CC(c2nc(C)no2)C1. The second-order valence-electron chi connectivity index (χ2n) is 4.90. The predicted molar refractivity (Wildman–Crippen MR) is 75.9 cm³/mol. The van der Waals surface area contributed by atoms with Gasteiger partial charge >= 0.3 is 0 Å². The fraction of sp³-hybridized carbons (Fsp3) is 0.357. The molecule has 110 valence electrons. The van der Waals surface area contributed by atoms with E-state index in [0.717, 1.165) is 0 Å². The molecule has 7 heteroatoms. The van der Waals surface area contributed by atoms with Crippen molar-refractivity contribution in [2.24, 2.45) is 0 Å². The van der Waals surface area contributed by atoms with E-state index in [9.17, 15) is 9.18 Å². The molecule has 0 aliphatic carbocycles. The standard InChI is InChI=1S/C14H14FN3O2S/c1-8-16-13(20-17-8)9-6-18(7-9)14(19)12-10(15)4-3-5-11(12)21-2/h3-5,9H,6-7H2,1-2H3. The van der Waals surface area contributed by atoms with E-state index >= 15 is 0 Å². The highest BCUT2D eigenvalue weighted by Gasteiger charge is 2.37. The molecule has 1 aliphatic rings. The zero-order valence-corrected chi connectivity index (χ0v) is 12.5. The quantitative estimate of drug-likeness (QED) is 0.815. The lowest BCUT2D eigenvalue weighted by Crippen LogP contribution is -2.49. The van der Waals surface area contributed by atoms with Crippen molar-refractivity contribution >= 4 is 17.7 Å². The third-order valence-electron chi connectivity index (χ3n) is 3.47. The predicted octanol–water partition coefficient (Wildman–Crippen LogP) is 2.48. The van der Waals surface area contributed by atoms with Crippen molar-refractivity contribution in [2.75, 3.05) is 19.3 Å². The summed E-state index contributed by atoms with van der Waals surface area (Å²) in [5, 5.41) is 3.74. The van der Waals surface area contributed by atoms with Gasteiger partial charge in [-0.3, -0.25) is 4.79 Å². The number of carbonyl (C=O) groups excluding carboxylic acids is 1. The Morgan fingerprint density at radius 1 is 1.48 bits per heavy atom. The maximum atomic E-state index is 13.9. The minimum Gasteiger partial charge on any atom is -0.339 e. The average molecular weight is 307 g/mol. The number of hydrogen-bond donors (Lipinski definition) is 0. The molecule has 0 radical (unpaired) electrons. The zero-order valence-electron chi connectivity index (χ0n) is 11.7. The largest absolute Gasteiger partial charge is 0.339 e. The molecule has 21 heavy (non-hydrogen) atoms. The highest BCUT2D eigenvalue weighted by Crippen LogP contribution is 2.30. The van der Waals surface area contributed by atoms with Crippen LogP contribution in [0.25, 0.3) is 0 Å². The van der Waals surface area contributed by atoms with E-state index in [1.165, 1.54) is 17.8 Å². The lowest BCUT2D eigenvalue weighted by atomic mass is 9.98. The summed E-state index contributed by atoms with van der Waals surface area (Å²) in [4.78, 5) is 18.8. The molecule has 1 aromatic heterocycles. The van der Waals surface area contributed by atoms with Gasteiger partial charge in [-0.05, 0) is 25.3 Å². The Morgan fingerprint density at radius 3 is 2.86 bits per heavy atom. The van der Waals surface area contributed by atoms with Crippen molar-refractivity contribution < 1.29 is 13.7 Å². The van der Waals surface area contributed by atoms with E-state index < -0.39 is 5.82 Å². The normalized spacial score (nSPS) is 15.1. The number of likely N-dealkylation sites (tertiary alicyclic amines) is 1. The van der Waals surface area contributed by atoms with Gasteiger partial charge in [0, 0.05) is 18.0 Å². The molecule has 1 aliphatic heterocycles. The zero-order chi connectivity index (χ0) is 15.0. The highest BCUT2D eigenvalue weighted by atomic mass is 32.2. The lowest BCUT2D eigenvalue weighted by Gasteiger charge is -2.37. The Labute approximate surface area is 125 Å². The Bertz CT molecular complexity index is 683. The van der Waals surface area contributed by atoms with E-state index in [0.29, 0.717) is 29.7 Å². The fourth-order valence-electron chi connectivity index (χ4n) is 2.32. The molecule has 2 heterocycles. The summed E-state index contributed by atoms with van der Waals surface area (Å²) < 4.78 is 19.0. The average Bonchev–Trinajstić information content (AvgIpc) is 2.82.